The van der Waals surface area contributed by atoms with Crippen LogP contribution in [0.25, 0.3) is 0 Å². The second kappa shape index (κ2) is 8.61. The van der Waals surface area contributed by atoms with Crippen molar-refractivity contribution in [2.75, 3.05) is 44.3 Å². The summed E-state index contributed by atoms with van der Waals surface area (Å²) in [6, 6.07) is 11.1. The summed E-state index contributed by atoms with van der Waals surface area (Å²) in [6.07, 6.45) is 2.49. The maximum atomic E-state index is 12.8. The molecule has 1 aromatic heterocycles. The molecule has 2 aromatic rings. The first kappa shape index (κ1) is 19.4. The summed E-state index contributed by atoms with van der Waals surface area (Å²) in [5.41, 5.74) is 2.35. The second-order valence-electron chi connectivity index (χ2n) is 7.37. The number of pyridine rings is 1. The fourth-order valence-corrected chi connectivity index (χ4v) is 3.61. The van der Waals surface area contributed by atoms with Gasteiger partial charge in [0.2, 0.25) is 5.88 Å². The molecule has 1 amide bonds. The fraction of sp³-hybridized carbons (Fsp3) is 0.409. The molecule has 7 nitrogen and oxygen atoms in total. The van der Waals surface area contributed by atoms with Crippen LogP contribution in [0.3, 0.4) is 0 Å². The Morgan fingerprint density at radius 3 is 2.34 bits per heavy atom. The van der Waals surface area contributed by atoms with Gasteiger partial charge in [0, 0.05) is 56.1 Å². The summed E-state index contributed by atoms with van der Waals surface area (Å²) in [5.74, 6) is 0.573. The SMILES string of the molecule is CC(=O)c1ccc(N2CCN(C(=O)c3ccc(O[C@H]4CCOC4)nc3)CC2)cc1. The largest absolute Gasteiger partial charge is 0.472 e. The van der Waals surface area contributed by atoms with Crippen LogP contribution in [0.4, 0.5) is 5.69 Å². The van der Waals surface area contributed by atoms with Gasteiger partial charge in [-0.2, -0.15) is 0 Å². The first-order chi connectivity index (χ1) is 14.1. The second-order valence-corrected chi connectivity index (χ2v) is 7.37. The normalized spacial score (nSPS) is 19.3. The molecule has 2 fully saturated rings. The van der Waals surface area contributed by atoms with Gasteiger partial charge in [0.05, 0.1) is 18.8 Å². The minimum absolute atomic E-state index is 0.0140. The lowest BCUT2D eigenvalue weighted by molar-refractivity contribution is 0.0746. The van der Waals surface area contributed by atoms with E-state index in [1.165, 1.54) is 0 Å². The Labute approximate surface area is 170 Å². The average molecular weight is 395 g/mol. The fourth-order valence-electron chi connectivity index (χ4n) is 3.61. The highest BCUT2D eigenvalue weighted by Crippen LogP contribution is 2.19. The molecule has 7 heteroatoms. The first-order valence-corrected chi connectivity index (χ1v) is 9.96. The van der Waals surface area contributed by atoms with E-state index in [1.54, 1.807) is 25.3 Å². The Morgan fingerprint density at radius 2 is 1.76 bits per heavy atom. The van der Waals surface area contributed by atoms with E-state index in [9.17, 15) is 9.59 Å². The predicted octanol–water partition coefficient (Wildman–Crippen LogP) is 2.41. The average Bonchev–Trinajstić information content (AvgIpc) is 3.27. The van der Waals surface area contributed by atoms with Gasteiger partial charge in [-0.15, -0.1) is 0 Å². The molecule has 0 bridgehead atoms. The van der Waals surface area contributed by atoms with Crippen molar-refractivity contribution in [3.63, 3.8) is 0 Å². The van der Waals surface area contributed by atoms with Gasteiger partial charge in [0.25, 0.3) is 5.91 Å². The van der Waals surface area contributed by atoms with Gasteiger partial charge in [-0.25, -0.2) is 4.98 Å². The van der Waals surface area contributed by atoms with Crippen LogP contribution < -0.4 is 9.64 Å². The van der Waals surface area contributed by atoms with Gasteiger partial charge in [-0.05, 0) is 37.3 Å². The molecule has 0 aliphatic carbocycles. The lowest BCUT2D eigenvalue weighted by atomic mass is 10.1. The Morgan fingerprint density at radius 1 is 1.03 bits per heavy atom. The highest BCUT2D eigenvalue weighted by Gasteiger charge is 2.23. The molecule has 0 saturated carbocycles. The van der Waals surface area contributed by atoms with Gasteiger partial charge in [0.1, 0.15) is 6.10 Å². The molecule has 3 heterocycles. The molecular weight excluding hydrogens is 370 g/mol. The van der Waals surface area contributed by atoms with Crippen LogP contribution in [0.2, 0.25) is 0 Å². The number of carbonyl (C=O) groups is 2. The predicted molar refractivity (Wildman–Crippen MR) is 109 cm³/mol. The molecular formula is C22H25N3O4. The zero-order chi connectivity index (χ0) is 20.2. The molecule has 0 spiro atoms. The smallest absolute Gasteiger partial charge is 0.255 e. The number of piperazine rings is 1. The van der Waals surface area contributed by atoms with E-state index in [4.69, 9.17) is 9.47 Å². The van der Waals surface area contributed by atoms with Crippen LogP contribution in [-0.4, -0.2) is 67.1 Å². The van der Waals surface area contributed by atoms with Crippen molar-refractivity contribution < 1.29 is 19.1 Å². The number of rotatable bonds is 5. The number of hydrogen-bond acceptors (Lipinski definition) is 6. The number of aromatic nitrogens is 1. The zero-order valence-corrected chi connectivity index (χ0v) is 16.5. The Hall–Kier alpha value is -2.93. The summed E-state index contributed by atoms with van der Waals surface area (Å²) < 4.78 is 11.0. The van der Waals surface area contributed by atoms with E-state index in [0.29, 0.717) is 43.3 Å². The summed E-state index contributed by atoms with van der Waals surface area (Å²) >= 11 is 0. The van der Waals surface area contributed by atoms with Crippen molar-refractivity contribution in [3.05, 3.63) is 53.7 Å². The van der Waals surface area contributed by atoms with Gasteiger partial charge in [-0.1, -0.05) is 0 Å². The number of hydrogen-bond donors (Lipinski definition) is 0. The van der Waals surface area contributed by atoms with Crippen molar-refractivity contribution in [2.45, 2.75) is 19.4 Å². The number of benzene rings is 1. The molecule has 1 aromatic carbocycles. The van der Waals surface area contributed by atoms with E-state index < -0.39 is 0 Å². The number of nitrogens with zero attached hydrogens (tertiary/aromatic N) is 3. The monoisotopic (exact) mass is 395 g/mol. The molecule has 2 aliphatic rings. The van der Waals surface area contributed by atoms with Crippen molar-refractivity contribution in [1.82, 2.24) is 9.88 Å². The molecule has 152 valence electrons. The summed E-state index contributed by atoms with van der Waals surface area (Å²) in [4.78, 5) is 32.6. The molecule has 0 radical (unpaired) electrons. The van der Waals surface area contributed by atoms with Gasteiger partial charge >= 0.3 is 0 Å². The minimum atomic E-state index is -0.0140. The minimum Gasteiger partial charge on any atom is -0.472 e. The molecule has 29 heavy (non-hydrogen) atoms. The molecule has 1 atom stereocenters. The van der Waals surface area contributed by atoms with Gasteiger partial charge < -0.3 is 19.3 Å². The van der Waals surface area contributed by atoms with Crippen LogP contribution in [0, 0.1) is 0 Å². The molecule has 0 N–H and O–H groups in total. The maximum Gasteiger partial charge on any atom is 0.255 e. The number of amides is 1. The summed E-state index contributed by atoms with van der Waals surface area (Å²) in [6.45, 7) is 5.66. The van der Waals surface area contributed by atoms with Gasteiger partial charge in [-0.3, -0.25) is 9.59 Å². The maximum absolute atomic E-state index is 12.8. The Balaban J connectivity index is 1.32. The lowest BCUT2D eigenvalue weighted by Crippen LogP contribution is -2.48. The highest BCUT2D eigenvalue weighted by atomic mass is 16.5. The first-order valence-electron chi connectivity index (χ1n) is 9.96. The number of ketones is 1. The third-order valence-electron chi connectivity index (χ3n) is 5.36. The number of Topliss-reactive ketones (excluding diaryl/α,β-unsaturated/α-hetero) is 1. The van der Waals surface area contributed by atoms with Crippen molar-refractivity contribution in [1.29, 1.82) is 0 Å². The van der Waals surface area contributed by atoms with Crippen LogP contribution >= 0.6 is 0 Å². The molecule has 0 unspecified atom stereocenters. The third kappa shape index (κ3) is 4.56. The van der Waals surface area contributed by atoms with Crippen LogP contribution in [-0.2, 0) is 4.74 Å². The van der Waals surface area contributed by atoms with Crippen molar-refractivity contribution >= 4 is 17.4 Å². The number of ether oxygens (including phenoxy) is 2. The topological polar surface area (TPSA) is 72.0 Å². The van der Waals surface area contributed by atoms with E-state index in [1.807, 2.05) is 29.2 Å². The quantitative estimate of drug-likeness (QED) is 0.724. The summed E-state index contributed by atoms with van der Waals surface area (Å²) in [7, 11) is 0. The van der Waals surface area contributed by atoms with E-state index in [2.05, 4.69) is 9.88 Å². The number of carbonyl (C=O) groups excluding carboxylic acids is 2. The highest BCUT2D eigenvalue weighted by molar-refractivity contribution is 5.95. The zero-order valence-electron chi connectivity index (χ0n) is 16.5. The van der Waals surface area contributed by atoms with Gasteiger partial charge in [0.15, 0.2) is 5.78 Å². The number of anilines is 1. The van der Waals surface area contributed by atoms with Crippen LogP contribution in [0.15, 0.2) is 42.6 Å². The van der Waals surface area contributed by atoms with E-state index >= 15 is 0 Å². The lowest BCUT2D eigenvalue weighted by Gasteiger charge is -2.36. The standard InChI is InChI=1S/C22H25N3O4/c1-16(26)17-2-5-19(6-3-17)24-9-11-25(12-10-24)22(27)18-4-7-21(23-14-18)29-20-8-13-28-15-20/h2-7,14,20H,8-13,15H2,1H3/t20-/m0/s1. The van der Waals surface area contributed by atoms with Crippen LogP contribution in [0.5, 0.6) is 5.88 Å². The molecule has 4 rings (SSSR count). The van der Waals surface area contributed by atoms with Crippen LogP contribution in [0.1, 0.15) is 34.1 Å². The van der Waals surface area contributed by atoms with E-state index in [-0.39, 0.29) is 17.8 Å². The summed E-state index contributed by atoms with van der Waals surface area (Å²) in [5, 5.41) is 0. The molecule has 2 saturated heterocycles. The Kier molecular flexibility index (Phi) is 5.76. The Bertz CT molecular complexity index is 853. The van der Waals surface area contributed by atoms with Crippen molar-refractivity contribution in [2.24, 2.45) is 0 Å². The third-order valence-corrected chi connectivity index (χ3v) is 5.36. The van der Waals surface area contributed by atoms with Crippen molar-refractivity contribution in [3.8, 4) is 5.88 Å². The van der Waals surface area contributed by atoms with E-state index in [0.717, 1.165) is 25.2 Å². The molecule has 2 aliphatic heterocycles.